The molecule has 9 rings (SSSR count). The highest BCUT2D eigenvalue weighted by Crippen LogP contribution is 2.42. The monoisotopic (exact) mass is 545 g/mol. The van der Waals surface area contributed by atoms with Crippen LogP contribution in [-0.4, -0.2) is 4.40 Å². The fourth-order valence-corrected chi connectivity index (χ4v) is 6.88. The molecular formula is C42H27N. The van der Waals surface area contributed by atoms with Gasteiger partial charge in [-0.1, -0.05) is 121 Å². The molecule has 7 aromatic carbocycles. The fraction of sp³-hybridized carbons (Fsp3) is 0. The molecule has 0 radical (unpaired) electrons. The molecule has 0 bridgehead atoms. The van der Waals surface area contributed by atoms with Gasteiger partial charge in [-0.05, 0) is 87.0 Å². The molecule has 0 atom stereocenters. The summed E-state index contributed by atoms with van der Waals surface area (Å²) in [6, 6.07) is 59.7. The smallest absolute Gasteiger partial charge is 0.0620 e. The molecule has 1 heteroatoms. The van der Waals surface area contributed by atoms with Gasteiger partial charge in [-0.2, -0.15) is 0 Å². The molecule has 2 heterocycles. The summed E-state index contributed by atoms with van der Waals surface area (Å²) in [5, 5.41) is 5.23. The van der Waals surface area contributed by atoms with Gasteiger partial charge in [0.05, 0.1) is 16.6 Å². The highest BCUT2D eigenvalue weighted by molar-refractivity contribution is 6.24. The van der Waals surface area contributed by atoms with Crippen molar-refractivity contribution in [1.29, 1.82) is 0 Å². The minimum Gasteiger partial charge on any atom is -0.308 e. The largest absolute Gasteiger partial charge is 0.308 e. The van der Waals surface area contributed by atoms with Crippen molar-refractivity contribution in [3.05, 3.63) is 164 Å². The van der Waals surface area contributed by atoms with Crippen LogP contribution in [0.1, 0.15) is 0 Å². The van der Waals surface area contributed by atoms with Crippen molar-refractivity contribution in [2.24, 2.45) is 0 Å². The number of hydrogen-bond donors (Lipinski definition) is 0. The van der Waals surface area contributed by atoms with Gasteiger partial charge < -0.3 is 4.40 Å². The average molecular weight is 546 g/mol. The van der Waals surface area contributed by atoms with E-state index < -0.39 is 0 Å². The standard InChI is InChI=1S/C42H27N/c1-2-11-28(12-3-1)29-13-8-14-30(23-29)31-15-9-16-32(24-31)33-17-10-18-34(25-33)35-26-38-36-19-4-6-21-40(36)43-41-22-7-5-20-37(41)39(27-35)42(38)43/h1-27H. The van der Waals surface area contributed by atoms with Gasteiger partial charge in [0.1, 0.15) is 0 Å². The van der Waals surface area contributed by atoms with Crippen LogP contribution in [0.4, 0.5) is 0 Å². The summed E-state index contributed by atoms with van der Waals surface area (Å²) in [5.41, 5.74) is 13.7. The van der Waals surface area contributed by atoms with Gasteiger partial charge in [-0.3, -0.25) is 0 Å². The van der Waals surface area contributed by atoms with Crippen LogP contribution in [0.2, 0.25) is 0 Å². The van der Waals surface area contributed by atoms with E-state index in [4.69, 9.17) is 0 Å². The number of para-hydroxylation sites is 2. The van der Waals surface area contributed by atoms with E-state index in [-0.39, 0.29) is 0 Å². The van der Waals surface area contributed by atoms with Crippen molar-refractivity contribution in [3.63, 3.8) is 0 Å². The number of fused-ring (bicyclic) bond motifs is 6. The van der Waals surface area contributed by atoms with Crippen molar-refractivity contribution in [2.45, 2.75) is 0 Å². The van der Waals surface area contributed by atoms with Gasteiger partial charge in [-0.25, -0.2) is 0 Å². The van der Waals surface area contributed by atoms with E-state index in [1.54, 1.807) is 0 Å². The fourth-order valence-electron chi connectivity index (χ4n) is 6.88. The second-order valence-electron chi connectivity index (χ2n) is 11.4. The normalized spacial score (nSPS) is 11.7. The van der Waals surface area contributed by atoms with Crippen LogP contribution < -0.4 is 0 Å². The highest BCUT2D eigenvalue weighted by atomic mass is 14.9. The second-order valence-corrected chi connectivity index (χ2v) is 11.4. The molecule has 0 aliphatic heterocycles. The van der Waals surface area contributed by atoms with E-state index in [2.05, 4.69) is 168 Å². The van der Waals surface area contributed by atoms with Crippen molar-refractivity contribution in [3.8, 4) is 44.5 Å². The summed E-state index contributed by atoms with van der Waals surface area (Å²) in [5.74, 6) is 0. The maximum Gasteiger partial charge on any atom is 0.0620 e. The van der Waals surface area contributed by atoms with E-state index in [0.717, 1.165) is 0 Å². The first kappa shape index (κ1) is 24.0. The van der Waals surface area contributed by atoms with Crippen molar-refractivity contribution >= 4 is 38.1 Å². The summed E-state index contributed by atoms with van der Waals surface area (Å²) in [7, 11) is 0. The predicted octanol–water partition coefficient (Wildman–Crippen LogP) is 11.5. The first-order valence-electron chi connectivity index (χ1n) is 14.9. The van der Waals surface area contributed by atoms with E-state index in [0.29, 0.717) is 0 Å². The summed E-state index contributed by atoms with van der Waals surface area (Å²) < 4.78 is 2.44. The highest BCUT2D eigenvalue weighted by Gasteiger charge is 2.18. The zero-order valence-corrected chi connectivity index (χ0v) is 23.5. The third-order valence-corrected chi connectivity index (χ3v) is 8.90. The Bertz CT molecular complexity index is 2360. The molecule has 0 aliphatic carbocycles. The quantitative estimate of drug-likeness (QED) is 0.207. The van der Waals surface area contributed by atoms with Gasteiger partial charge in [0.15, 0.2) is 0 Å². The van der Waals surface area contributed by atoms with Crippen LogP contribution in [0.25, 0.3) is 82.6 Å². The van der Waals surface area contributed by atoms with E-state index >= 15 is 0 Å². The van der Waals surface area contributed by atoms with Gasteiger partial charge >= 0.3 is 0 Å². The Morgan fingerprint density at radius 2 is 0.628 bits per heavy atom. The number of benzene rings is 7. The summed E-state index contributed by atoms with van der Waals surface area (Å²) in [4.78, 5) is 0. The van der Waals surface area contributed by atoms with Crippen LogP contribution in [0, 0.1) is 0 Å². The number of aromatic nitrogens is 1. The van der Waals surface area contributed by atoms with Crippen molar-refractivity contribution in [1.82, 2.24) is 4.40 Å². The Labute approximate surface area is 250 Å². The van der Waals surface area contributed by atoms with E-state index in [1.807, 2.05) is 0 Å². The molecule has 0 spiro atoms. The van der Waals surface area contributed by atoms with Gasteiger partial charge in [-0.15, -0.1) is 0 Å². The zero-order chi connectivity index (χ0) is 28.3. The number of nitrogens with zero attached hydrogens (tertiary/aromatic N) is 1. The van der Waals surface area contributed by atoms with Gasteiger partial charge in [0.2, 0.25) is 0 Å². The Kier molecular flexibility index (Phi) is 5.27. The zero-order valence-electron chi connectivity index (χ0n) is 23.5. The van der Waals surface area contributed by atoms with Gasteiger partial charge in [0.25, 0.3) is 0 Å². The van der Waals surface area contributed by atoms with Crippen molar-refractivity contribution in [2.75, 3.05) is 0 Å². The SMILES string of the molecule is c1ccc(-c2cccc(-c3cccc(-c4cccc(-c5cc6c7ccccc7n7c8ccccc8c(c5)c67)c4)c3)c2)cc1. The first-order valence-corrected chi connectivity index (χ1v) is 14.9. The Morgan fingerprint density at radius 3 is 1.12 bits per heavy atom. The molecule has 43 heavy (non-hydrogen) atoms. The molecule has 0 saturated heterocycles. The molecular weight excluding hydrogens is 518 g/mol. The van der Waals surface area contributed by atoms with Crippen LogP contribution in [0.15, 0.2) is 164 Å². The Morgan fingerprint density at radius 1 is 0.256 bits per heavy atom. The topological polar surface area (TPSA) is 4.41 Å². The Balaban J connectivity index is 1.17. The summed E-state index contributed by atoms with van der Waals surface area (Å²) >= 11 is 0. The van der Waals surface area contributed by atoms with Crippen LogP contribution in [-0.2, 0) is 0 Å². The molecule has 0 saturated carbocycles. The molecule has 0 N–H and O–H groups in total. The molecule has 200 valence electrons. The lowest BCUT2D eigenvalue weighted by atomic mass is 9.94. The maximum absolute atomic E-state index is 2.44. The molecule has 1 nitrogen and oxygen atoms in total. The molecule has 9 aromatic rings. The molecule has 0 fully saturated rings. The minimum absolute atomic E-state index is 1.22. The van der Waals surface area contributed by atoms with E-state index in [9.17, 15) is 0 Å². The minimum atomic E-state index is 1.22. The molecule has 0 aliphatic rings. The van der Waals surface area contributed by atoms with Crippen molar-refractivity contribution < 1.29 is 0 Å². The lowest BCUT2D eigenvalue weighted by Crippen LogP contribution is -1.85. The number of hydrogen-bond acceptors (Lipinski definition) is 0. The first-order chi connectivity index (χ1) is 21.3. The third-order valence-electron chi connectivity index (χ3n) is 8.90. The average Bonchev–Trinajstić information content (AvgIpc) is 3.61. The lowest BCUT2D eigenvalue weighted by molar-refractivity contribution is 1.37. The molecule has 0 amide bonds. The second kappa shape index (κ2) is 9.44. The predicted molar refractivity (Wildman–Crippen MR) is 183 cm³/mol. The maximum atomic E-state index is 2.44. The molecule has 0 unspecified atom stereocenters. The van der Waals surface area contributed by atoms with Crippen LogP contribution in [0.3, 0.4) is 0 Å². The van der Waals surface area contributed by atoms with E-state index in [1.165, 1.54) is 82.6 Å². The molecule has 2 aromatic heterocycles. The summed E-state index contributed by atoms with van der Waals surface area (Å²) in [6.45, 7) is 0. The summed E-state index contributed by atoms with van der Waals surface area (Å²) in [6.07, 6.45) is 0. The lowest BCUT2D eigenvalue weighted by Gasteiger charge is -2.10. The third kappa shape index (κ3) is 3.79. The van der Waals surface area contributed by atoms with Crippen LogP contribution in [0.5, 0.6) is 0 Å². The Hall–Kier alpha value is -5.66. The number of rotatable bonds is 4. The van der Waals surface area contributed by atoms with Crippen LogP contribution >= 0.6 is 0 Å². The van der Waals surface area contributed by atoms with Gasteiger partial charge in [0, 0.05) is 21.5 Å².